The lowest BCUT2D eigenvalue weighted by atomic mass is 10.1. The number of amides is 1. The second-order valence-electron chi connectivity index (χ2n) is 5.46. The van der Waals surface area contributed by atoms with Gasteiger partial charge in [-0.2, -0.15) is 0 Å². The van der Waals surface area contributed by atoms with Gasteiger partial charge in [0.15, 0.2) is 5.96 Å². The number of aliphatic imine (C=N–C) groups is 1. The zero-order valence-electron chi connectivity index (χ0n) is 14.7. The molecule has 0 aromatic heterocycles. The molecule has 2 aromatic rings. The number of hydrogen-bond acceptors (Lipinski definition) is 2. The molecular formula is C19H24ClIN4O. The molecule has 5 nitrogen and oxygen atoms in total. The lowest BCUT2D eigenvalue weighted by molar-refractivity contribution is -0.119. The van der Waals surface area contributed by atoms with Gasteiger partial charge in [-0.15, -0.1) is 24.0 Å². The van der Waals surface area contributed by atoms with E-state index in [0.29, 0.717) is 24.1 Å². The van der Waals surface area contributed by atoms with E-state index in [1.807, 2.05) is 54.6 Å². The van der Waals surface area contributed by atoms with Crippen molar-refractivity contribution in [2.75, 3.05) is 20.1 Å². The molecule has 0 aliphatic carbocycles. The molecule has 0 fully saturated rings. The van der Waals surface area contributed by atoms with Crippen LogP contribution in [-0.2, 0) is 17.8 Å². The van der Waals surface area contributed by atoms with E-state index in [0.717, 1.165) is 12.0 Å². The summed E-state index contributed by atoms with van der Waals surface area (Å²) in [6.07, 6.45) is 0.812. The first-order chi connectivity index (χ1) is 12.2. The summed E-state index contributed by atoms with van der Waals surface area (Å²) >= 11 is 6.12. The molecule has 0 aliphatic heterocycles. The molecule has 0 heterocycles. The van der Waals surface area contributed by atoms with Crippen molar-refractivity contribution < 1.29 is 4.79 Å². The molecule has 140 valence electrons. The summed E-state index contributed by atoms with van der Waals surface area (Å²) in [6, 6.07) is 17.7. The Morgan fingerprint density at radius 1 is 1.00 bits per heavy atom. The Bertz CT molecular complexity index is 710. The molecule has 0 spiro atoms. The van der Waals surface area contributed by atoms with Crippen molar-refractivity contribution in [2.24, 2.45) is 4.99 Å². The predicted molar refractivity (Wildman–Crippen MR) is 118 cm³/mol. The second-order valence-corrected chi connectivity index (χ2v) is 5.86. The highest BCUT2D eigenvalue weighted by Gasteiger charge is 2.04. The standard InChI is InChI=1S/C19H23ClN4O.HI/c1-21-19(23-13-16-9-5-6-10-17(16)20)24-14-18(25)22-12-11-15-7-3-2-4-8-15;/h2-10H,11-14H2,1H3,(H,22,25)(H2,21,23,24);1H. The Labute approximate surface area is 176 Å². The Morgan fingerprint density at radius 2 is 1.69 bits per heavy atom. The number of benzene rings is 2. The number of rotatable bonds is 7. The van der Waals surface area contributed by atoms with Crippen molar-refractivity contribution in [3.05, 3.63) is 70.7 Å². The highest BCUT2D eigenvalue weighted by atomic mass is 127. The van der Waals surface area contributed by atoms with Crippen molar-refractivity contribution in [1.29, 1.82) is 0 Å². The van der Waals surface area contributed by atoms with E-state index in [4.69, 9.17) is 11.6 Å². The van der Waals surface area contributed by atoms with Crippen molar-refractivity contribution in [2.45, 2.75) is 13.0 Å². The number of halogens is 2. The van der Waals surface area contributed by atoms with Crippen LogP contribution in [0.4, 0.5) is 0 Å². The van der Waals surface area contributed by atoms with E-state index in [1.54, 1.807) is 7.05 Å². The number of hydrogen-bond donors (Lipinski definition) is 3. The molecule has 0 atom stereocenters. The number of carbonyl (C=O) groups excluding carboxylic acids is 1. The third kappa shape index (κ3) is 8.05. The van der Waals surface area contributed by atoms with Crippen LogP contribution >= 0.6 is 35.6 Å². The minimum Gasteiger partial charge on any atom is -0.354 e. The lowest BCUT2D eigenvalue weighted by Gasteiger charge is -2.12. The van der Waals surface area contributed by atoms with Crippen molar-refractivity contribution >= 4 is 47.4 Å². The minimum atomic E-state index is -0.0726. The number of nitrogens with zero attached hydrogens (tertiary/aromatic N) is 1. The van der Waals surface area contributed by atoms with Gasteiger partial charge in [0, 0.05) is 25.2 Å². The summed E-state index contributed by atoms with van der Waals surface area (Å²) in [5.41, 5.74) is 2.17. The smallest absolute Gasteiger partial charge is 0.239 e. The second kappa shape index (κ2) is 12.5. The first kappa shape index (κ1) is 22.2. The molecule has 0 saturated carbocycles. The van der Waals surface area contributed by atoms with E-state index in [1.165, 1.54) is 5.56 Å². The highest BCUT2D eigenvalue weighted by Crippen LogP contribution is 2.14. The fourth-order valence-electron chi connectivity index (χ4n) is 2.26. The van der Waals surface area contributed by atoms with Crippen LogP contribution in [0, 0.1) is 0 Å². The van der Waals surface area contributed by atoms with Crippen molar-refractivity contribution in [1.82, 2.24) is 16.0 Å². The van der Waals surface area contributed by atoms with Crippen LogP contribution < -0.4 is 16.0 Å². The van der Waals surface area contributed by atoms with Gasteiger partial charge in [-0.25, -0.2) is 0 Å². The number of nitrogens with one attached hydrogen (secondary N) is 3. The maximum atomic E-state index is 11.9. The van der Waals surface area contributed by atoms with Gasteiger partial charge < -0.3 is 16.0 Å². The molecule has 0 saturated heterocycles. The Hall–Kier alpha value is -1.80. The molecular weight excluding hydrogens is 463 g/mol. The third-order valence-electron chi connectivity index (χ3n) is 3.62. The molecule has 7 heteroatoms. The maximum Gasteiger partial charge on any atom is 0.239 e. The quantitative estimate of drug-likeness (QED) is 0.320. The summed E-state index contributed by atoms with van der Waals surface area (Å²) in [7, 11) is 1.66. The van der Waals surface area contributed by atoms with Crippen LogP contribution in [0.3, 0.4) is 0 Å². The summed E-state index contributed by atoms with van der Waals surface area (Å²) in [5.74, 6) is 0.481. The van der Waals surface area contributed by atoms with Crippen LogP contribution in [0.15, 0.2) is 59.6 Å². The minimum absolute atomic E-state index is 0. The molecule has 0 radical (unpaired) electrons. The zero-order valence-corrected chi connectivity index (χ0v) is 17.8. The molecule has 0 unspecified atom stereocenters. The molecule has 1 amide bonds. The normalized spacial score (nSPS) is 10.6. The van der Waals surface area contributed by atoms with E-state index in [9.17, 15) is 4.79 Å². The van der Waals surface area contributed by atoms with Crippen LogP contribution in [0.2, 0.25) is 5.02 Å². The van der Waals surface area contributed by atoms with E-state index in [2.05, 4.69) is 20.9 Å². The zero-order chi connectivity index (χ0) is 17.9. The topological polar surface area (TPSA) is 65.5 Å². The highest BCUT2D eigenvalue weighted by molar-refractivity contribution is 14.0. The Morgan fingerprint density at radius 3 is 2.38 bits per heavy atom. The van der Waals surface area contributed by atoms with Gasteiger partial charge in [0.25, 0.3) is 0 Å². The Kier molecular flexibility index (Phi) is 10.7. The van der Waals surface area contributed by atoms with Crippen molar-refractivity contribution in [3.8, 4) is 0 Å². The molecule has 2 aromatic carbocycles. The summed E-state index contributed by atoms with van der Waals surface area (Å²) < 4.78 is 0. The summed E-state index contributed by atoms with van der Waals surface area (Å²) in [4.78, 5) is 16.0. The average Bonchev–Trinajstić information content (AvgIpc) is 2.64. The maximum absolute atomic E-state index is 11.9. The van der Waals surface area contributed by atoms with Crippen LogP contribution in [0.25, 0.3) is 0 Å². The van der Waals surface area contributed by atoms with Gasteiger partial charge in [0.1, 0.15) is 0 Å². The fraction of sp³-hybridized carbons (Fsp3) is 0.263. The average molecular weight is 487 g/mol. The van der Waals surface area contributed by atoms with Gasteiger partial charge in [-0.05, 0) is 23.6 Å². The SMILES string of the molecule is CN=C(NCC(=O)NCCc1ccccc1)NCc1ccccc1Cl.I. The molecule has 3 N–H and O–H groups in total. The molecule has 2 rings (SSSR count). The van der Waals surface area contributed by atoms with Gasteiger partial charge in [0.05, 0.1) is 6.54 Å². The van der Waals surface area contributed by atoms with Crippen LogP contribution in [-0.4, -0.2) is 32.0 Å². The van der Waals surface area contributed by atoms with E-state index < -0.39 is 0 Å². The molecule has 0 aliphatic rings. The summed E-state index contributed by atoms with van der Waals surface area (Å²) in [6.45, 7) is 1.31. The fourth-order valence-corrected chi connectivity index (χ4v) is 2.46. The van der Waals surface area contributed by atoms with Gasteiger partial charge in [-0.3, -0.25) is 9.79 Å². The van der Waals surface area contributed by atoms with Gasteiger partial charge in [0.2, 0.25) is 5.91 Å². The molecule has 0 bridgehead atoms. The lowest BCUT2D eigenvalue weighted by Crippen LogP contribution is -2.43. The van der Waals surface area contributed by atoms with E-state index in [-0.39, 0.29) is 36.4 Å². The number of guanidine groups is 1. The van der Waals surface area contributed by atoms with E-state index >= 15 is 0 Å². The summed E-state index contributed by atoms with van der Waals surface area (Å²) in [5, 5.41) is 9.72. The number of carbonyl (C=O) groups is 1. The van der Waals surface area contributed by atoms with Gasteiger partial charge >= 0.3 is 0 Å². The Balaban J connectivity index is 0.00000338. The molecule has 26 heavy (non-hydrogen) atoms. The predicted octanol–water partition coefficient (Wildman–Crippen LogP) is 2.98. The van der Waals surface area contributed by atoms with Crippen LogP contribution in [0.5, 0.6) is 0 Å². The largest absolute Gasteiger partial charge is 0.354 e. The van der Waals surface area contributed by atoms with Crippen molar-refractivity contribution in [3.63, 3.8) is 0 Å². The van der Waals surface area contributed by atoms with Crippen LogP contribution in [0.1, 0.15) is 11.1 Å². The first-order valence-corrected chi connectivity index (χ1v) is 8.55. The van der Waals surface area contributed by atoms with Gasteiger partial charge in [-0.1, -0.05) is 60.1 Å². The third-order valence-corrected chi connectivity index (χ3v) is 3.99. The monoisotopic (exact) mass is 486 g/mol. The first-order valence-electron chi connectivity index (χ1n) is 8.17.